The van der Waals surface area contributed by atoms with Gasteiger partial charge in [-0.1, -0.05) is 11.2 Å². The van der Waals surface area contributed by atoms with Crippen molar-refractivity contribution in [2.24, 2.45) is 10.9 Å². The van der Waals surface area contributed by atoms with E-state index in [4.69, 9.17) is 10.9 Å². The molecule has 0 atom stereocenters. The van der Waals surface area contributed by atoms with Crippen LogP contribution in [0.1, 0.15) is 10.4 Å². The molecule has 0 spiro atoms. The lowest BCUT2D eigenvalue weighted by Crippen LogP contribution is -2.20. The molecule has 0 bridgehead atoms. The van der Waals surface area contributed by atoms with Gasteiger partial charge in [0.2, 0.25) is 0 Å². The Morgan fingerprint density at radius 1 is 1.32 bits per heavy atom. The Morgan fingerprint density at radius 3 is 2.63 bits per heavy atom. The number of thiophene rings is 1. The van der Waals surface area contributed by atoms with Crippen LogP contribution in [0.25, 0.3) is 0 Å². The van der Waals surface area contributed by atoms with Crippen LogP contribution in [0.2, 0.25) is 0 Å². The molecule has 0 radical (unpaired) electrons. The fourth-order valence-corrected chi connectivity index (χ4v) is 2.50. The van der Waals surface area contributed by atoms with Crippen LogP contribution < -0.4 is 10.6 Å². The van der Waals surface area contributed by atoms with Crippen molar-refractivity contribution in [1.29, 1.82) is 0 Å². The van der Waals surface area contributed by atoms with Gasteiger partial charge in [0.15, 0.2) is 5.84 Å². The summed E-state index contributed by atoms with van der Waals surface area (Å²) < 4.78 is 0. The van der Waals surface area contributed by atoms with Crippen LogP contribution in [0.15, 0.2) is 46.9 Å². The summed E-state index contributed by atoms with van der Waals surface area (Å²) in [6.07, 6.45) is 1.04. The van der Waals surface area contributed by atoms with Crippen LogP contribution in [-0.2, 0) is 6.42 Å². The molecule has 4 nitrogen and oxygen atoms in total. The predicted molar refractivity (Wildman–Crippen MR) is 80.2 cm³/mol. The molecule has 2 rings (SSSR count). The second-order valence-electron chi connectivity index (χ2n) is 4.28. The van der Waals surface area contributed by atoms with E-state index >= 15 is 0 Å². The lowest BCUT2D eigenvalue weighted by Gasteiger charge is -2.19. The number of rotatable bonds is 5. The largest absolute Gasteiger partial charge is 0.409 e. The quantitative estimate of drug-likeness (QED) is 0.381. The highest BCUT2D eigenvalue weighted by atomic mass is 32.1. The van der Waals surface area contributed by atoms with Crippen molar-refractivity contribution in [2.75, 3.05) is 18.5 Å². The van der Waals surface area contributed by atoms with E-state index in [0.29, 0.717) is 0 Å². The SMILES string of the molecule is CN(CCc1cccs1)c1ccc(C(N)=NO)cc1. The van der Waals surface area contributed by atoms with E-state index in [1.165, 1.54) is 4.88 Å². The topological polar surface area (TPSA) is 61.8 Å². The average molecular weight is 275 g/mol. The summed E-state index contributed by atoms with van der Waals surface area (Å²) in [6, 6.07) is 11.9. The molecule has 19 heavy (non-hydrogen) atoms. The minimum atomic E-state index is 0.132. The fraction of sp³-hybridized carbons (Fsp3) is 0.214. The van der Waals surface area contributed by atoms with Crippen molar-refractivity contribution in [1.82, 2.24) is 0 Å². The number of amidine groups is 1. The first-order valence-electron chi connectivity index (χ1n) is 6.02. The van der Waals surface area contributed by atoms with E-state index in [1.807, 2.05) is 24.3 Å². The van der Waals surface area contributed by atoms with E-state index < -0.39 is 0 Å². The van der Waals surface area contributed by atoms with Gasteiger partial charge in [-0.05, 0) is 42.1 Å². The van der Waals surface area contributed by atoms with Gasteiger partial charge < -0.3 is 15.8 Å². The Labute approximate surface area is 116 Å². The van der Waals surface area contributed by atoms with E-state index in [1.54, 1.807) is 11.3 Å². The molecule has 1 aromatic heterocycles. The van der Waals surface area contributed by atoms with Crippen molar-refractivity contribution >= 4 is 22.9 Å². The van der Waals surface area contributed by atoms with Gasteiger partial charge in [0.05, 0.1) is 0 Å². The highest BCUT2D eigenvalue weighted by Crippen LogP contribution is 2.16. The lowest BCUT2D eigenvalue weighted by molar-refractivity contribution is 0.318. The molecule has 0 amide bonds. The van der Waals surface area contributed by atoms with Gasteiger partial charge >= 0.3 is 0 Å². The molecule has 0 unspecified atom stereocenters. The maximum absolute atomic E-state index is 8.61. The van der Waals surface area contributed by atoms with Crippen molar-refractivity contribution in [2.45, 2.75) is 6.42 Å². The van der Waals surface area contributed by atoms with Crippen LogP contribution in [0, 0.1) is 0 Å². The van der Waals surface area contributed by atoms with E-state index in [0.717, 1.165) is 24.2 Å². The summed E-state index contributed by atoms with van der Waals surface area (Å²) in [7, 11) is 2.06. The molecule has 2 aromatic rings. The van der Waals surface area contributed by atoms with Crippen LogP contribution >= 0.6 is 11.3 Å². The first-order chi connectivity index (χ1) is 9.20. The molecule has 1 heterocycles. The fourth-order valence-electron chi connectivity index (χ4n) is 1.81. The molecule has 0 saturated heterocycles. The molecule has 0 aliphatic heterocycles. The number of likely N-dealkylation sites (N-methyl/N-ethyl adjacent to an activating group) is 1. The van der Waals surface area contributed by atoms with E-state index in [9.17, 15) is 0 Å². The van der Waals surface area contributed by atoms with Gasteiger partial charge in [0, 0.05) is 29.7 Å². The summed E-state index contributed by atoms with van der Waals surface area (Å²) in [5, 5.41) is 13.7. The standard InChI is InChI=1S/C14H17N3OS/c1-17(9-8-13-3-2-10-19-13)12-6-4-11(5-7-12)14(15)16-18/h2-7,10,18H,8-9H2,1H3,(H2,15,16). The Bertz CT molecular complexity index is 534. The molecule has 0 saturated carbocycles. The normalized spacial score (nSPS) is 11.5. The number of nitrogens with zero attached hydrogens (tertiary/aromatic N) is 2. The van der Waals surface area contributed by atoms with Crippen LogP contribution in [0.3, 0.4) is 0 Å². The molecule has 100 valence electrons. The minimum absolute atomic E-state index is 0.132. The van der Waals surface area contributed by atoms with Gasteiger partial charge in [0.1, 0.15) is 0 Å². The van der Waals surface area contributed by atoms with Gasteiger partial charge in [-0.15, -0.1) is 11.3 Å². The van der Waals surface area contributed by atoms with Gasteiger partial charge in [-0.2, -0.15) is 0 Å². The Kier molecular flexibility index (Phi) is 4.41. The second-order valence-corrected chi connectivity index (χ2v) is 5.32. The van der Waals surface area contributed by atoms with Crippen molar-refractivity contribution in [3.8, 4) is 0 Å². The van der Waals surface area contributed by atoms with Crippen LogP contribution in [0.5, 0.6) is 0 Å². The Morgan fingerprint density at radius 2 is 2.05 bits per heavy atom. The number of hydrogen-bond donors (Lipinski definition) is 2. The summed E-state index contributed by atoms with van der Waals surface area (Å²) in [5.41, 5.74) is 7.37. The summed E-state index contributed by atoms with van der Waals surface area (Å²) >= 11 is 1.78. The third-order valence-corrected chi connectivity index (χ3v) is 3.92. The molecular weight excluding hydrogens is 258 g/mol. The summed E-state index contributed by atoms with van der Waals surface area (Å²) in [5.74, 6) is 0.132. The van der Waals surface area contributed by atoms with E-state index in [-0.39, 0.29) is 5.84 Å². The first kappa shape index (κ1) is 13.4. The smallest absolute Gasteiger partial charge is 0.170 e. The van der Waals surface area contributed by atoms with Gasteiger partial charge in [0.25, 0.3) is 0 Å². The zero-order valence-electron chi connectivity index (χ0n) is 10.8. The summed E-state index contributed by atoms with van der Waals surface area (Å²) in [4.78, 5) is 3.58. The molecule has 0 aliphatic rings. The average Bonchev–Trinajstić information content (AvgIpc) is 2.97. The van der Waals surface area contributed by atoms with Crippen molar-refractivity contribution in [3.05, 3.63) is 52.2 Å². The zero-order chi connectivity index (χ0) is 13.7. The number of anilines is 1. The van der Waals surface area contributed by atoms with Gasteiger partial charge in [-0.25, -0.2) is 0 Å². The maximum Gasteiger partial charge on any atom is 0.170 e. The number of hydrogen-bond acceptors (Lipinski definition) is 4. The van der Waals surface area contributed by atoms with E-state index in [2.05, 4.69) is 34.6 Å². The van der Waals surface area contributed by atoms with Gasteiger partial charge in [-0.3, -0.25) is 0 Å². The zero-order valence-corrected chi connectivity index (χ0v) is 11.6. The highest BCUT2D eigenvalue weighted by Gasteiger charge is 2.04. The number of benzene rings is 1. The second kappa shape index (κ2) is 6.24. The van der Waals surface area contributed by atoms with Crippen LogP contribution in [0.4, 0.5) is 5.69 Å². The molecule has 0 fully saturated rings. The third-order valence-electron chi connectivity index (χ3n) is 2.99. The first-order valence-corrected chi connectivity index (χ1v) is 6.90. The maximum atomic E-state index is 8.61. The Hall–Kier alpha value is -2.01. The van der Waals surface area contributed by atoms with Crippen molar-refractivity contribution in [3.63, 3.8) is 0 Å². The molecule has 5 heteroatoms. The molecular formula is C14H17N3OS. The highest BCUT2D eigenvalue weighted by molar-refractivity contribution is 7.09. The number of oxime groups is 1. The Balaban J connectivity index is 1.97. The summed E-state index contributed by atoms with van der Waals surface area (Å²) in [6.45, 7) is 0.962. The molecule has 1 aromatic carbocycles. The monoisotopic (exact) mass is 275 g/mol. The third kappa shape index (κ3) is 3.48. The number of nitrogens with two attached hydrogens (primary N) is 1. The molecule has 0 aliphatic carbocycles. The van der Waals surface area contributed by atoms with Crippen LogP contribution in [-0.4, -0.2) is 24.6 Å². The minimum Gasteiger partial charge on any atom is -0.409 e. The lowest BCUT2D eigenvalue weighted by atomic mass is 10.2. The van der Waals surface area contributed by atoms with Crippen molar-refractivity contribution < 1.29 is 5.21 Å². The molecule has 3 N–H and O–H groups in total. The predicted octanol–water partition coefficient (Wildman–Crippen LogP) is 2.52.